The van der Waals surface area contributed by atoms with Crippen LogP contribution >= 0.6 is 22.7 Å². The molecule has 1 aliphatic rings. The summed E-state index contributed by atoms with van der Waals surface area (Å²) in [6.07, 6.45) is 2.20. The number of alkyl halides is 3. The Bertz CT molecular complexity index is 613. The summed E-state index contributed by atoms with van der Waals surface area (Å²) in [7, 11) is -4.95. The van der Waals surface area contributed by atoms with Crippen LogP contribution < -0.4 is 9.03 Å². The highest BCUT2D eigenvalue weighted by Crippen LogP contribution is 2.53. The van der Waals surface area contributed by atoms with E-state index in [9.17, 15) is 22.8 Å². The smallest absolute Gasteiger partial charge is 0.278 e. The van der Waals surface area contributed by atoms with E-state index in [1.54, 1.807) is 4.13 Å². The summed E-state index contributed by atoms with van der Waals surface area (Å²) in [6, 6.07) is 5.37. The predicted octanol–water partition coefficient (Wildman–Crippen LogP) is 2.90. The van der Waals surface area contributed by atoms with Gasteiger partial charge in [-0.2, -0.15) is 17.3 Å². The third kappa shape index (κ3) is 3.44. The van der Waals surface area contributed by atoms with E-state index >= 15 is 0 Å². The lowest BCUT2D eigenvalue weighted by Crippen LogP contribution is -2.29. The Morgan fingerprint density at radius 2 is 1.55 bits per heavy atom. The summed E-state index contributed by atoms with van der Waals surface area (Å²) >= 11 is 0.370. The number of halogens is 3. The molecule has 22 heavy (non-hydrogen) atoms. The van der Waals surface area contributed by atoms with Crippen molar-refractivity contribution in [2.45, 2.75) is 10.4 Å². The van der Waals surface area contributed by atoms with E-state index in [2.05, 4.69) is 0 Å². The minimum atomic E-state index is -5.18. The molecule has 0 aliphatic carbocycles. The molecule has 2 amide bonds. The van der Waals surface area contributed by atoms with E-state index in [0.29, 0.717) is 11.9 Å². The molecule has 1 aromatic rings. The van der Waals surface area contributed by atoms with Crippen molar-refractivity contribution in [3.63, 3.8) is 0 Å². The topological polar surface area (TPSA) is 89.9 Å². The van der Waals surface area contributed by atoms with Gasteiger partial charge >= 0.3 is 5.51 Å². The Labute approximate surface area is 128 Å². The number of imide groups is 1. The number of rotatable bonds is 4. The number of anilines is 1. The minimum Gasteiger partial charge on any atom is -0.278 e. The van der Waals surface area contributed by atoms with Crippen molar-refractivity contribution in [2.75, 3.05) is 4.90 Å². The molecular weight excluding hydrogens is 345 g/mol. The number of benzene rings is 1. The first-order valence-corrected chi connectivity index (χ1v) is 7.92. The van der Waals surface area contributed by atoms with Gasteiger partial charge in [0.05, 0.1) is 5.69 Å². The van der Waals surface area contributed by atoms with Crippen LogP contribution in [-0.4, -0.2) is 26.4 Å². The van der Waals surface area contributed by atoms with Gasteiger partial charge in [0, 0.05) is 17.0 Å². The molecule has 0 spiro atoms. The van der Waals surface area contributed by atoms with Gasteiger partial charge in [0.1, 0.15) is 0 Å². The lowest BCUT2D eigenvalue weighted by Gasteiger charge is -2.33. The summed E-state index contributed by atoms with van der Waals surface area (Å²) in [6.45, 7) is 0. The third-order valence-corrected chi connectivity index (χ3v) is 4.92. The first-order valence-electron chi connectivity index (χ1n) is 5.56. The van der Waals surface area contributed by atoms with Crippen LogP contribution in [0.25, 0.3) is 0 Å². The first-order chi connectivity index (χ1) is 10.1. The molecule has 0 radical (unpaired) electrons. The van der Waals surface area contributed by atoms with Crippen molar-refractivity contribution in [2.24, 2.45) is 0 Å². The van der Waals surface area contributed by atoms with E-state index in [0.717, 1.165) is 17.1 Å². The summed E-state index contributed by atoms with van der Waals surface area (Å²) < 4.78 is 56.1. The molecule has 0 saturated heterocycles. The molecule has 2 rings (SSSR count). The maximum Gasteiger partial charge on any atom is 0.510 e. The van der Waals surface area contributed by atoms with Crippen molar-refractivity contribution in [1.29, 1.82) is 0 Å². The van der Waals surface area contributed by atoms with Gasteiger partial charge in [0.25, 0.3) is 11.8 Å². The van der Waals surface area contributed by atoms with Gasteiger partial charge in [-0.15, -0.1) is 0 Å². The van der Waals surface area contributed by atoms with Gasteiger partial charge in [-0.3, -0.25) is 18.7 Å². The second kappa shape index (κ2) is 5.93. The standard InChI is InChI=1S/C11H9F3N2O4S2/c12-11(13,14)22(19,20)15-21-8-3-1-7(2-4-8)16-9(17)5-6-10(16)18/h1-6,15,19-20H. The van der Waals surface area contributed by atoms with Gasteiger partial charge in [0.2, 0.25) is 0 Å². The average molecular weight is 354 g/mol. The molecule has 11 heteroatoms. The number of hydrogen-bond donors (Lipinski definition) is 3. The highest BCUT2D eigenvalue weighted by atomic mass is 32.3. The van der Waals surface area contributed by atoms with Gasteiger partial charge in [-0.05, 0) is 47.0 Å². The van der Waals surface area contributed by atoms with Crippen molar-refractivity contribution < 1.29 is 31.9 Å². The number of carbonyl (C=O) groups is 2. The van der Waals surface area contributed by atoms with Crippen LogP contribution in [0, 0.1) is 0 Å². The quantitative estimate of drug-likeness (QED) is 0.569. The molecular formula is C11H9F3N2O4S2. The van der Waals surface area contributed by atoms with Crippen molar-refractivity contribution in [3.05, 3.63) is 36.4 Å². The van der Waals surface area contributed by atoms with Gasteiger partial charge in [-0.25, -0.2) is 4.90 Å². The number of hydrogen-bond acceptors (Lipinski definition) is 6. The molecule has 1 heterocycles. The van der Waals surface area contributed by atoms with Crippen molar-refractivity contribution in [1.82, 2.24) is 4.13 Å². The van der Waals surface area contributed by atoms with Crippen LogP contribution in [0.4, 0.5) is 18.9 Å². The molecule has 0 fully saturated rings. The van der Waals surface area contributed by atoms with Crippen molar-refractivity contribution in [3.8, 4) is 0 Å². The molecule has 1 aliphatic heterocycles. The predicted molar refractivity (Wildman–Crippen MR) is 76.0 cm³/mol. The highest BCUT2D eigenvalue weighted by Gasteiger charge is 2.46. The van der Waals surface area contributed by atoms with E-state index in [-0.39, 0.29) is 10.6 Å². The number of carbonyl (C=O) groups excluding carboxylic acids is 2. The highest BCUT2D eigenvalue weighted by molar-refractivity contribution is 8.29. The van der Waals surface area contributed by atoms with Gasteiger partial charge < -0.3 is 0 Å². The SMILES string of the molecule is O=C1C=CC(=O)N1c1ccc(SNS(O)(O)C(F)(F)F)cc1. The summed E-state index contributed by atoms with van der Waals surface area (Å²) in [5.41, 5.74) is -4.92. The number of amides is 2. The Hall–Kier alpha value is -1.53. The number of nitrogens with one attached hydrogen (secondary N) is 1. The zero-order valence-electron chi connectivity index (χ0n) is 10.6. The van der Waals surface area contributed by atoms with E-state index in [4.69, 9.17) is 9.11 Å². The van der Waals surface area contributed by atoms with Crippen LogP contribution in [0.15, 0.2) is 41.3 Å². The Morgan fingerprint density at radius 3 is 2.00 bits per heavy atom. The zero-order chi connectivity index (χ0) is 16.5. The van der Waals surface area contributed by atoms with Gasteiger partial charge in [0.15, 0.2) is 0 Å². The Morgan fingerprint density at radius 1 is 1.05 bits per heavy atom. The second-order valence-electron chi connectivity index (χ2n) is 4.02. The fourth-order valence-corrected chi connectivity index (χ4v) is 2.97. The Kier molecular flexibility index (Phi) is 4.54. The summed E-state index contributed by atoms with van der Waals surface area (Å²) in [5, 5.41) is 0. The molecule has 0 unspecified atom stereocenters. The first kappa shape index (κ1) is 16.8. The van der Waals surface area contributed by atoms with Crippen LogP contribution in [0.5, 0.6) is 0 Å². The second-order valence-corrected chi connectivity index (χ2v) is 6.92. The molecule has 6 nitrogen and oxygen atoms in total. The Balaban J connectivity index is 2.04. The zero-order valence-corrected chi connectivity index (χ0v) is 12.2. The molecule has 0 bridgehead atoms. The maximum atomic E-state index is 12.3. The maximum absolute atomic E-state index is 12.3. The molecule has 120 valence electrons. The molecule has 0 atom stereocenters. The summed E-state index contributed by atoms with van der Waals surface area (Å²) in [5.74, 6) is -1.04. The van der Waals surface area contributed by atoms with Crippen LogP contribution in [-0.2, 0) is 9.59 Å². The fourth-order valence-electron chi connectivity index (χ4n) is 1.47. The monoisotopic (exact) mass is 354 g/mol. The largest absolute Gasteiger partial charge is 0.510 e. The van der Waals surface area contributed by atoms with E-state index < -0.39 is 28.1 Å². The lowest BCUT2D eigenvalue weighted by molar-refractivity contribution is -0.119. The molecule has 0 saturated carbocycles. The van der Waals surface area contributed by atoms with E-state index in [1.165, 1.54) is 24.3 Å². The van der Waals surface area contributed by atoms with Crippen LogP contribution in [0.3, 0.4) is 0 Å². The molecule has 1 aromatic carbocycles. The molecule has 3 N–H and O–H groups in total. The average Bonchev–Trinajstić information content (AvgIpc) is 2.75. The fraction of sp³-hybridized carbons (Fsp3) is 0.0909. The normalized spacial score (nSPS) is 16.5. The minimum absolute atomic E-state index is 0.236. The summed E-state index contributed by atoms with van der Waals surface area (Å²) in [4.78, 5) is 24.0. The number of nitrogens with zero attached hydrogens (tertiary/aromatic N) is 1. The van der Waals surface area contributed by atoms with Crippen LogP contribution in [0.2, 0.25) is 0 Å². The van der Waals surface area contributed by atoms with Gasteiger partial charge in [-0.1, -0.05) is 0 Å². The van der Waals surface area contributed by atoms with Crippen LogP contribution in [0.1, 0.15) is 0 Å². The molecule has 0 aromatic heterocycles. The van der Waals surface area contributed by atoms with E-state index in [1.807, 2.05) is 0 Å². The third-order valence-electron chi connectivity index (χ3n) is 2.50. The lowest BCUT2D eigenvalue weighted by atomic mass is 10.3. The van der Waals surface area contributed by atoms with Crippen molar-refractivity contribution >= 4 is 40.2 Å².